The summed E-state index contributed by atoms with van der Waals surface area (Å²) < 4.78 is 4.93. The molecule has 0 bridgehead atoms. The van der Waals surface area contributed by atoms with E-state index in [1.54, 1.807) is 0 Å². The number of hydrogen-bond donors (Lipinski definition) is 2. The number of esters is 1. The number of benzene rings is 1. The molecule has 120 valence electrons. The van der Waals surface area contributed by atoms with E-state index < -0.39 is 5.97 Å². The Morgan fingerprint density at radius 3 is 2.82 bits per heavy atom. The monoisotopic (exact) mass is 325 g/mol. The lowest BCUT2D eigenvalue weighted by Gasteiger charge is -2.29. The molecule has 1 fully saturated rings. The first-order valence-corrected chi connectivity index (χ1v) is 7.80. The molecular weight excluding hydrogens is 306 g/mol. The second-order valence-electron chi connectivity index (χ2n) is 5.67. The second kappa shape index (κ2) is 7.49. The Morgan fingerprint density at radius 2 is 2.09 bits per heavy atom. The fraction of sp³-hybridized carbons (Fsp3) is 0.500. The van der Waals surface area contributed by atoms with Crippen LogP contribution in [0, 0.1) is 5.92 Å². The number of ether oxygens (including phenoxy) is 1. The van der Waals surface area contributed by atoms with Crippen molar-refractivity contribution in [3.05, 3.63) is 28.8 Å². The number of carbonyl (C=O) groups is 2. The van der Waals surface area contributed by atoms with Crippen molar-refractivity contribution >= 4 is 23.5 Å². The molecule has 6 heteroatoms. The van der Waals surface area contributed by atoms with Crippen LogP contribution in [0.1, 0.15) is 43.0 Å². The molecule has 0 aliphatic heterocycles. The molecule has 0 radical (unpaired) electrons. The van der Waals surface area contributed by atoms with Crippen molar-refractivity contribution in [3.8, 4) is 5.75 Å². The quantitative estimate of drug-likeness (QED) is 0.835. The Morgan fingerprint density at radius 1 is 1.36 bits per heavy atom. The normalized spacial score (nSPS) is 21.2. The first-order chi connectivity index (χ1) is 10.5. The van der Waals surface area contributed by atoms with Crippen LogP contribution in [0.4, 0.5) is 0 Å². The van der Waals surface area contributed by atoms with Gasteiger partial charge in [0.2, 0.25) is 0 Å². The van der Waals surface area contributed by atoms with Gasteiger partial charge in [-0.3, -0.25) is 4.79 Å². The summed E-state index contributed by atoms with van der Waals surface area (Å²) in [5.74, 6) is -0.887. The van der Waals surface area contributed by atoms with Gasteiger partial charge in [-0.2, -0.15) is 0 Å². The molecule has 2 rings (SSSR count). The van der Waals surface area contributed by atoms with Crippen molar-refractivity contribution in [2.75, 3.05) is 6.61 Å². The van der Waals surface area contributed by atoms with Gasteiger partial charge >= 0.3 is 5.97 Å². The maximum Gasteiger partial charge on any atom is 0.342 e. The van der Waals surface area contributed by atoms with Gasteiger partial charge in [0.05, 0.1) is 0 Å². The van der Waals surface area contributed by atoms with Gasteiger partial charge in [-0.15, -0.1) is 0 Å². The molecule has 1 amide bonds. The lowest BCUT2D eigenvalue weighted by atomic mass is 9.86. The molecule has 0 heterocycles. The number of aromatic hydroxyl groups is 1. The van der Waals surface area contributed by atoms with Crippen molar-refractivity contribution in [1.82, 2.24) is 5.32 Å². The molecule has 1 aliphatic carbocycles. The van der Waals surface area contributed by atoms with E-state index in [-0.39, 0.29) is 29.9 Å². The number of carbonyl (C=O) groups excluding carboxylic acids is 2. The maximum absolute atomic E-state index is 11.9. The van der Waals surface area contributed by atoms with E-state index in [0.717, 1.165) is 19.3 Å². The maximum atomic E-state index is 11.9. The molecule has 1 aliphatic rings. The average molecular weight is 326 g/mol. The van der Waals surface area contributed by atoms with E-state index in [4.69, 9.17) is 16.3 Å². The molecule has 1 saturated carbocycles. The van der Waals surface area contributed by atoms with E-state index in [1.165, 1.54) is 24.6 Å². The standard InChI is InChI=1S/C16H20ClNO4/c1-10-4-2-3-5-13(10)18-15(20)9-22-16(21)12-8-11(17)6-7-14(12)19/h6-8,10,13,19H,2-5,9H2,1H3,(H,18,20)/t10-,13+/m0/s1. The SMILES string of the molecule is C[C@H]1CCCC[C@H]1NC(=O)COC(=O)c1cc(Cl)ccc1O. The molecular formula is C16H20ClNO4. The average Bonchev–Trinajstić information content (AvgIpc) is 2.49. The third-order valence-corrected chi connectivity index (χ3v) is 4.21. The number of nitrogens with one attached hydrogen (secondary N) is 1. The zero-order valence-corrected chi connectivity index (χ0v) is 13.2. The molecule has 0 unspecified atom stereocenters. The van der Waals surface area contributed by atoms with E-state index >= 15 is 0 Å². The minimum Gasteiger partial charge on any atom is -0.507 e. The molecule has 5 nitrogen and oxygen atoms in total. The number of phenolic OH excluding ortho intramolecular Hbond substituents is 1. The van der Waals surface area contributed by atoms with Crippen LogP contribution >= 0.6 is 11.6 Å². The Hall–Kier alpha value is -1.75. The molecule has 2 atom stereocenters. The number of rotatable bonds is 4. The highest BCUT2D eigenvalue weighted by Gasteiger charge is 2.23. The third-order valence-electron chi connectivity index (χ3n) is 3.97. The van der Waals surface area contributed by atoms with Gasteiger partial charge in [-0.25, -0.2) is 4.79 Å². The van der Waals surface area contributed by atoms with Gasteiger partial charge in [0.1, 0.15) is 11.3 Å². The largest absolute Gasteiger partial charge is 0.507 e. The van der Waals surface area contributed by atoms with Crippen molar-refractivity contribution in [3.63, 3.8) is 0 Å². The zero-order valence-electron chi connectivity index (χ0n) is 12.5. The number of hydrogen-bond acceptors (Lipinski definition) is 4. The lowest BCUT2D eigenvalue weighted by molar-refractivity contribution is -0.125. The summed E-state index contributed by atoms with van der Waals surface area (Å²) in [6, 6.07) is 4.22. The second-order valence-corrected chi connectivity index (χ2v) is 6.11. The minimum atomic E-state index is -0.771. The highest BCUT2D eigenvalue weighted by atomic mass is 35.5. The van der Waals surface area contributed by atoms with Crippen LogP contribution < -0.4 is 5.32 Å². The molecule has 1 aromatic rings. The summed E-state index contributed by atoms with van der Waals surface area (Å²) in [7, 11) is 0. The van der Waals surface area contributed by atoms with Crippen molar-refractivity contribution in [2.24, 2.45) is 5.92 Å². The first-order valence-electron chi connectivity index (χ1n) is 7.42. The van der Waals surface area contributed by atoms with Gasteiger partial charge in [0, 0.05) is 11.1 Å². The zero-order chi connectivity index (χ0) is 16.1. The summed E-state index contributed by atoms with van der Waals surface area (Å²) in [4.78, 5) is 23.7. The van der Waals surface area contributed by atoms with Crippen LogP contribution in [0.25, 0.3) is 0 Å². The van der Waals surface area contributed by atoms with Gasteiger partial charge in [-0.05, 0) is 37.0 Å². The van der Waals surface area contributed by atoms with Crippen LogP contribution in [-0.2, 0) is 9.53 Å². The van der Waals surface area contributed by atoms with Crippen molar-refractivity contribution < 1.29 is 19.4 Å². The number of halogens is 1. The van der Waals surface area contributed by atoms with E-state index in [2.05, 4.69) is 12.2 Å². The van der Waals surface area contributed by atoms with E-state index in [9.17, 15) is 14.7 Å². The molecule has 0 spiro atoms. The van der Waals surface area contributed by atoms with Crippen LogP contribution in [0.2, 0.25) is 5.02 Å². The highest BCUT2D eigenvalue weighted by Crippen LogP contribution is 2.24. The Labute approximate surface area is 134 Å². The first kappa shape index (κ1) is 16.6. The predicted octanol–water partition coefficient (Wildman–Crippen LogP) is 2.90. The van der Waals surface area contributed by atoms with Crippen LogP contribution in [0.3, 0.4) is 0 Å². The van der Waals surface area contributed by atoms with Gasteiger partial charge < -0.3 is 15.2 Å². The molecule has 0 aromatic heterocycles. The number of amides is 1. The summed E-state index contributed by atoms with van der Waals surface area (Å²) in [5, 5.41) is 12.8. The van der Waals surface area contributed by atoms with Crippen molar-refractivity contribution in [2.45, 2.75) is 38.6 Å². The Balaban J connectivity index is 1.85. The van der Waals surface area contributed by atoms with E-state index in [0.29, 0.717) is 10.9 Å². The summed E-state index contributed by atoms with van der Waals surface area (Å²) in [5.41, 5.74) is -0.0497. The lowest BCUT2D eigenvalue weighted by Crippen LogP contribution is -2.42. The van der Waals surface area contributed by atoms with Crippen LogP contribution in [0.5, 0.6) is 5.75 Å². The van der Waals surface area contributed by atoms with Gasteiger partial charge in [0.15, 0.2) is 6.61 Å². The molecule has 22 heavy (non-hydrogen) atoms. The topological polar surface area (TPSA) is 75.6 Å². The minimum absolute atomic E-state index is 0.0497. The Bertz CT molecular complexity index is 561. The Kier molecular flexibility index (Phi) is 5.66. The molecule has 2 N–H and O–H groups in total. The van der Waals surface area contributed by atoms with Crippen LogP contribution in [0.15, 0.2) is 18.2 Å². The van der Waals surface area contributed by atoms with Crippen LogP contribution in [-0.4, -0.2) is 29.6 Å². The summed E-state index contributed by atoms with van der Waals surface area (Å²) in [6.07, 6.45) is 4.35. The summed E-state index contributed by atoms with van der Waals surface area (Å²) in [6.45, 7) is 1.74. The van der Waals surface area contributed by atoms with Gasteiger partial charge in [-0.1, -0.05) is 31.4 Å². The number of phenols is 1. The molecule has 1 aromatic carbocycles. The smallest absolute Gasteiger partial charge is 0.342 e. The fourth-order valence-corrected chi connectivity index (χ4v) is 2.83. The van der Waals surface area contributed by atoms with E-state index in [1.807, 2.05) is 0 Å². The summed E-state index contributed by atoms with van der Waals surface area (Å²) >= 11 is 5.77. The highest BCUT2D eigenvalue weighted by molar-refractivity contribution is 6.31. The third kappa shape index (κ3) is 4.37. The van der Waals surface area contributed by atoms with Gasteiger partial charge in [0.25, 0.3) is 5.91 Å². The predicted molar refractivity (Wildman–Crippen MR) is 83.0 cm³/mol. The fourth-order valence-electron chi connectivity index (χ4n) is 2.66. The molecule has 0 saturated heterocycles. The van der Waals surface area contributed by atoms with Crippen molar-refractivity contribution in [1.29, 1.82) is 0 Å².